The molecule has 1 fully saturated rings. The van der Waals surface area contributed by atoms with Crippen molar-refractivity contribution in [1.29, 1.82) is 5.26 Å². The first-order chi connectivity index (χ1) is 13.7. The Morgan fingerprint density at radius 3 is 2.86 bits per heavy atom. The molecule has 3 N–H and O–H groups in total. The Kier molecular flexibility index (Phi) is 6.15. The van der Waals surface area contributed by atoms with Crippen molar-refractivity contribution in [3.63, 3.8) is 0 Å². The molecule has 0 saturated carbocycles. The van der Waals surface area contributed by atoms with Gasteiger partial charge in [-0.1, -0.05) is 25.4 Å². The van der Waals surface area contributed by atoms with Gasteiger partial charge in [-0.2, -0.15) is 15.3 Å². The molecule has 1 saturated heterocycles. The van der Waals surface area contributed by atoms with Crippen LogP contribution in [0.2, 0.25) is 5.02 Å². The predicted octanol–water partition coefficient (Wildman–Crippen LogP) is 3.45. The van der Waals surface area contributed by atoms with Crippen LogP contribution in [-0.2, 0) is 10.3 Å². The zero-order valence-electron chi connectivity index (χ0n) is 17.1. The highest BCUT2D eigenvalue weighted by Gasteiger charge is 2.32. The molecule has 0 aromatic carbocycles. The third-order valence-electron chi connectivity index (χ3n) is 4.71. The van der Waals surface area contributed by atoms with Gasteiger partial charge in [-0.25, -0.2) is 9.67 Å². The topological polar surface area (TPSA) is 124 Å². The first-order valence-corrected chi connectivity index (χ1v) is 9.91. The van der Waals surface area contributed by atoms with Crippen molar-refractivity contribution < 1.29 is 9.47 Å². The van der Waals surface area contributed by atoms with E-state index in [0.717, 1.165) is 18.7 Å². The number of nitriles is 1. The number of ether oxygens (including phenoxy) is 2. The fraction of sp³-hybridized carbons (Fsp3) is 0.579. The van der Waals surface area contributed by atoms with Gasteiger partial charge in [0, 0.05) is 12.5 Å². The number of hydrogen-bond donors (Lipinski definition) is 2. The molecule has 1 atom stereocenters. The molecule has 3 heterocycles. The molecule has 0 bridgehead atoms. The van der Waals surface area contributed by atoms with Crippen LogP contribution in [0.3, 0.4) is 0 Å². The smallest absolute Gasteiger partial charge is 0.238 e. The van der Waals surface area contributed by atoms with E-state index >= 15 is 0 Å². The Morgan fingerprint density at radius 2 is 2.28 bits per heavy atom. The van der Waals surface area contributed by atoms with Crippen LogP contribution in [-0.4, -0.2) is 39.6 Å². The summed E-state index contributed by atoms with van der Waals surface area (Å²) in [7, 11) is 0. The lowest BCUT2D eigenvalue weighted by Crippen LogP contribution is -2.27. The number of nitrogen functional groups attached to an aromatic ring is 1. The number of rotatable bonds is 7. The van der Waals surface area contributed by atoms with E-state index in [2.05, 4.69) is 21.4 Å². The van der Waals surface area contributed by atoms with E-state index in [-0.39, 0.29) is 22.7 Å². The maximum absolute atomic E-state index is 9.68. The van der Waals surface area contributed by atoms with Crippen molar-refractivity contribution in [1.82, 2.24) is 19.7 Å². The van der Waals surface area contributed by atoms with Gasteiger partial charge in [-0.15, -0.1) is 0 Å². The minimum absolute atomic E-state index is 0.0649. The van der Waals surface area contributed by atoms with Gasteiger partial charge in [0.25, 0.3) is 0 Å². The Balaban J connectivity index is 2.04. The highest BCUT2D eigenvalue weighted by atomic mass is 35.5. The molecule has 10 heteroatoms. The van der Waals surface area contributed by atoms with E-state index in [0.29, 0.717) is 30.7 Å². The fourth-order valence-electron chi connectivity index (χ4n) is 2.96. The molecule has 0 amide bonds. The minimum atomic E-state index is -0.912. The number of aromatic nitrogens is 4. The fourth-order valence-corrected chi connectivity index (χ4v) is 3.05. The normalized spacial score (nSPS) is 16.8. The molecule has 0 spiro atoms. The van der Waals surface area contributed by atoms with Gasteiger partial charge in [0.05, 0.1) is 31.2 Å². The van der Waals surface area contributed by atoms with Crippen LogP contribution in [0.4, 0.5) is 17.5 Å². The largest absolute Gasteiger partial charge is 0.476 e. The van der Waals surface area contributed by atoms with Crippen molar-refractivity contribution >= 4 is 29.1 Å². The maximum Gasteiger partial charge on any atom is 0.238 e. The van der Waals surface area contributed by atoms with Crippen LogP contribution >= 0.6 is 11.6 Å². The molecule has 1 aliphatic rings. The van der Waals surface area contributed by atoms with Crippen molar-refractivity contribution in [3.8, 4) is 11.9 Å². The van der Waals surface area contributed by atoms with Crippen molar-refractivity contribution in [3.05, 3.63) is 16.9 Å². The van der Waals surface area contributed by atoms with Crippen LogP contribution in [0, 0.1) is 17.2 Å². The third-order valence-corrected chi connectivity index (χ3v) is 5.00. The molecule has 0 radical (unpaired) electrons. The van der Waals surface area contributed by atoms with E-state index in [9.17, 15) is 5.26 Å². The molecular weight excluding hydrogens is 394 g/mol. The van der Waals surface area contributed by atoms with Crippen LogP contribution in [0.5, 0.6) is 5.88 Å². The average molecular weight is 420 g/mol. The first-order valence-electron chi connectivity index (χ1n) is 9.53. The van der Waals surface area contributed by atoms with Gasteiger partial charge in [-0.05, 0) is 26.2 Å². The van der Waals surface area contributed by atoms with Crippen LogP contribution in [0.25, 0.3) is 0 Å². The number of halogens is 1. The number of nitrogens with one attached hydrogen (secondary N) is 1. The Bertz CT molecular complexity index is 914. The van der Waals surface area contributed by atoms with Crippen LogP contribution in [0.1, 0.15) is 45.7 Å². The first kappa shape index (κ1) is 21.1. The van der Waals surface area contributed by atoms with Gasteiger partial charge >= 0.3 is 0 Å². The summed E-state index contributed by atoms with van der Waals surface area (Å²) in [6.45, 7) is 9.46. The highest BCUT2D eigenvalue weighted by molar-refractivity contribution is 6.32. The van der Waals surface area contributed by atoms with Crippen LogP contribution < -0.4 is 15.8 Å². The van der Waals surface area contributed by atoms with Crippen LogP contribution in [0.15, 0.2) is 6.20 Å². The molecule has 3 rings (SSSR count). The summed E-state index contributed by atoms with van der Waals surface area (Å²) in [5, 5.41) is 17.8. The van der Waals surface area contributed by atoms with Crippen molar-refractivity contribution in [2.75, 3.05) is 30.9 Å². The van der Waals surface area contributed by atoms with Gasteiger partial charge in [-0.3, -0.25) is 0 Å². The molecule has 156 valence electrons. The average Bonchev–Trinajstić information content (AvgIpc) is 3.31. The molecule has 2 aromatic heterocycles. The molecular formula is C19H26ClN7O2. The van der Waals surface area contributed by atoms with Crippen molar-refractivity contribution in [2.24, 2.45) is 5.92 Å². The SMILES string of the molecule is CC(C)c1nn(C(C)(C)C#N)c(OC[C@H]2CCOC2)c1Nc1ncc(Cl)c(N)n1. The van der Waals surface area contributed by atoms with Gasteiger partial charge in [0.15, 0.2) is 0 Å². The van der Waals surface area contributed by atoms with Gasteiger partial charge in [0.2, 0.25) is 11.8 Å². The Labute approximate surface area is 175 Å². The second kappa shape index (κ2) is 8.43. The quantitative estimate of drug-likeness (QED) is 0.699. The standard InChI is InChI=1S/C19H26ClN7O2/c1-11(2)14-15(24-18-23-7-13(20)16(22)25-18)17(27(26-14)19(3,4)10-21)29-9-12-5-6-28-8-12/h7,11-12H,5-6,8-9H2,1-4H3,(H3,22,23,24,25)/t12-/m0/s1. The molecule has 9 nitrogen and oxygen atoms in total. The maximum atomic E-state index is 9.68. The summed E-state index contributed by atoms with van der Waals surface area (Å²) < 4.78 is 13.2. The molecule has 0 unspecified atom stereocenters. The predicted molar refractivity (Wildman–Crippen MR) is 110 cm³/mol. The Hall–Kier alpha value is -2.57. The van der Waals surface area contributed by atoms with E-state index < -0.39 is 5.54 Å². The van der Waals surface area contributed by atoms with Gasteiger partial charge < -0.3 is 20.5 Å². The summed E-state index contributed by atoms with van der Waals surface area (Å²) in [4.78, 5) is 8.38. The lowest BCUT2D eigenvalue weighted by molar-refractivity contribution is 0.160. The Morgan fingerprint density at radius 1 is 1.52 bits per heavy atom. The number of anilines is 3. The summed E-state index contributed by atoms with van der Waals surface area (Å²) in [5.74, 6) is 1.27. The number of nitrogens with two attached hydrogens (primary N) is 1. The van der Waals surface area contributed by atoms with E-state index in [1.807, 2.05) is 13.8 Å². The monoisotopic (exact) mass is 419 g/mol. The molecule has 2 aromatic rings. The second-order valence-electron chi connectivity index (χ2n) is 7.90. The van der Waals surface area contributed by atoms with Gasteiger partial charge in [0.1, 0.15) is 22.1 Å². The van der Waals surface area contributed by atoms with E-state index in [1.165, 1.54) is 6.20 Å². The number of hydrogen-bond acceptors (Lipinski definition) is 8. The third kappa shape index (κ3) is 4.54. The summed E-state index contributed by atoms with van der Waals surface area (Å²) in [6.07, 6.45) is 2.37. The minimum Gasteiger partial charge on any atom is -0.476 e. The number of nitrogens with zero attached hydrogens (tertiary/aromatic N) is 5. The molecule has 1 aliphatic heterocycles. The molecule has 0 aliphatic carbocycles. The lowest BCUT2D eigenvalue weighted by atomic mass is 10.1. The summed E-state index contributed by atoms with van der Waals surface area (Å²) in [5.41, 5.74) is 6.26. The van der Waals surface area contributed by atoms with Crippen molar-refractivity contribution in [2.45, 2.75) is 45.6 Å². The lowest BCUT2D eigenvalue weighted by Gasteiger charge is -2.21. The summed E-state index contributed by atoms with van der Waals surface area (Å²) >= 11 is 5.93. The van der Waals surface area contributed by atoms with E-state index in [4.69, 9.17) is 31.9 Å². The zero-order chi connectivity index (χ0) is 21.2. The van der Waals surface area contributed by atoms with E-state index in [1.54, 1.807) is 18.5 Å². The highest BCUT2D eigenvalue weighted by Crippen LogP contribution is 2.38. The second-order valence-corrected chi connectivity index (χ2v) is 8.30. The molecule has 29 heavy (non-hydrogen) atoms. The summed E-state index contributed by atoms with van der Waals surface area (Å²) in [6, 6.07) is 2.29. The zero-order valence-corrected chi connectivity index (χ0v) is 17.8.